The summed E-state index contributed by atoms with van der Waals surface area (Å²) >= 11 is 0. The van der Waals surface area contributed by atoms with Gasteiger partial charge in [-0.3, -0.25) is 4.55 Å². The van der Waals surface area contributed by atoms with Gasteiger partial charge >= 0.3 is 6.09 Å². The second kappa shape index (κ2) is 5.66. The van der Waals surface area contributed by atoms with E-state index in [-0.39, 0.29) is 11.5 Å². The number of hydrogen-bond acceptors (Lipinski definition) is 7. The Bertz CT molecular complexity index is 595. The number of ether oxygens (including phenoxy) is 2. The number of azo groups is 1. The minimum Gasteiger partial charge on any atom is -0.498 e. The highest BCUT2D eigenvalue weighted by Crippen LogP contribution is 2.35. The Hall–Kier alpha value is -1.82. The van der Waals surface area contributed by atoms with Crippen LogP contribution in [0.4, 0.5) is 4.79 Å². The lowest BCUT2D eigenvalue weighted by atomic mass is 10.0. The molecule has 2 unspecified atom stereocenters. The summed E-state index contributed by atoms with van der Waals surface area (Å²) in [5.74, 6) is -0.291. The normalized spacial score (nSPS) is 27.1. The first-order valence-corrected chi connectivity index (χ1v) is 6.52. The SMILES string of the molecule is COC1=CC=C(N=NC(=O)O)C(OC)C1(N)S(=O)(=O)O. The van der Waals surface area contributed by atoms with E-state index in [2.05, 4.69) is 10.2 Å². The molecule has 10 nitrogen and oxygen atoms in total. The summed E-state index contributed by atoms with van der Waals surface area (Å²) in [4.78, 5) is 7.89. The molecule has 1 amide bonds. The molecule has 0 heterocycles. The van der Waals surface area contributed by atoms with Gasteiger partial charge in [0.1, 0.15) is 11.9 Å². The molecule has 0 saturated heterocycles. The monoisotopic (exact) mass is 307 g/mol. The Morgan fingerprint density at radius 2 is 2.05 bits per heavy atom. The predicted octanol–water partition coefficient (Wildman–Crippen LogP) is 0.102. The largest absolute Gasteiger partial charge is 0.498 e. The fraction of sp³-hybridized carbons (Fsp3) is 0.444. The molecule has 0 bridgehead atoms. The highest BCUT2D eigenvalue weighted by Gasteiger charge is 2.54. The van der Waals surface area contributed by atoms with Crippen molar-refractivity contribution in [2.45, 2.75) is 11.0 Å². The van der Waals surface area contributed by atoms with Crippen LogP contribution in [0.3, 0.4) is 0 Å². The Kier molecular flexibility index (Phi) is 4.60. The maximum Gasteiger partial charge on any atom is 0.449 e. The second-order valence-corrected chi connectivity index (χ2v) is 5.32. The van der Waals surface area contributed by atoms with Crippen LogP contribution in [0.25, 0.3) is 0 Å². The summed E-state index contributed by atoms with van der Waals surface area (Å²) < 4.78 is 42.2. The highest BCUT2D eigenvalue weighted by atomic mass is 32.2. The van der Waals surface area contributed by atoms with E-state index < -0.39 is 27.2 Å². The van der Waals surface area contributed by atoms with E-state index in [0.29, 0.717) is 0 Å². The lowest BCUT2D eigenvalue weighted by molar-refractivity contribution is 0.0752. The van der Waals surface area contributed by atoms with Gasteiger partial charge in [-0.05, 0) is 12.2 Å². The van der Waals surface area contributed by atoms with Gasteiger partial charge in [-0.2, -0.15) is 8.42 Å². The van der Waals surface area contributed by atoms with Crippen molar-refractivity contribution in [3.8, 4) is 0 Å². The van der Waals surface area contributed by atoms with Crippen molar-refractivity contribution in [3.63, 3.8) is 0 Å². The lowest BCUT2D eigenvalue weighted by Gasteiger charge is -2.36. The number of allylic oxidation sites excluding steroid dienone is 2. The third-order valence-corrected chi connectivity index (χ3v) is 3.85. The number of rotatable bonds is 4. The molecule has 1 rings (SSSR count). The van der Waals surface area contributed by atoms with E-state index in [1.165, 1.54) is 6.08 Å². The van der Waals surface area contributed by atoms with Crippen LogP contribution in [0, 0.1) is 0 Å². The second-order valence-electron chi connectivity index (χ2n) is 3.69. The van der Waals surface area contributed by atoms with Crippen molar-refractivity contribution in [3.05, 3.63) is 23.6 Å². The van der Waals surface area contributed by atoms with Gasteiger partial charge in [0.25, 0.3) is 10.1 Å². The molecule has 112 valence electrons. The number of carboxylic acid groups (broad SMARTS) is 1. The number of amides is 1. The molecule has 11 heteroatoms. The van der Waals surface area contributed by atoms with Crippen LogP contribution >= 0.6 is 0 Å². The molecule has 0 aromatic carbocycles. The molecular weight excluding hydrogens is 294 g/mol. The molecule has 0 fully saturated rings. The van der Waals surface area contributed by atoms with E-state index in [9.17, 15) is 17.8 Å². The van der Waals surface area contributed by atoms with Gasteiger partial charge in [0.2, 0.25) is 4.87 Å². The third-order valence-electron chi connectivity index (χ3n) is 2.58. The molecule has 2 atom stereocenters. The van der Waals surface area contributed by atoms with Gasteiger partial charge in [0.05, 0.1) is 12.8 Å². The van der Waals surface area contributed by atoms with Crippen molar-refractivity contribution in [2.75, 3.05) is 14.2 Å². The van der Waals surface area contributed by atoms with Crippen LogP contribution in [0.1, 0.15) is 0 Å². The summed E-state index contributed by atoms with van der Waals surface area (Å²) in [6.45, 7) is 0. The predicted molar refractivity (Wildman–Crippen MR) is 65.3 cm³/mol. The Labute approximate surface area is 114 Å². The van der Waals surface area contributed by atoms with Crippen LogP contribution < -0.4 is 5.73 Å². The number of carbonyl (C=O) groups is 1. The maximum absolute atomic E-state index is 11.5. The zero-order chi connectivity index (χ0) is 15.6. The summed E-state index contributed by atoms with van der Waals surface area (Å²) in [6, 6.07) is 0. The van der Waals surface area contributed by atoms with Crippen molar-refractivity contribution < 1.29 is 32.3 Å². The maximum atomic E-state index is 11.5. The highest BCUT2D eigenvalue weighted by molar-refractivity contribution is 7.87. The van der Waals surface area contributed by atoms with Crippen molar-refractivity contribution in [2.24, 2.45) is 16.0 Å². The van der Waals surface area contributed by atoms with E-state index in [0.717, 1.165) is 20.3 Å². The number of hydrogen-bond donors (Lipinski definition) is 3. The van der Waals surface area contributed by atoms with Gasteiger partial charge in [0, 0.05) is 7.11 Å². The molecule has 0 aromatic heterocycles. The molecule has 4 N–H and O–H groups in total. The Morgan fingerprint density at radius 1 is 1.45 bits per heavy atom. The molecule has 20 heavy (non-hydrogen) atoms. The van der Waals surface area contributed by atoms with Gasteiger partial charge < -0.3 is 20.3 Å². The molecule has 0 spiro atoms. The Balaban J connectivity index is 3.43. The number of nitrogens with two attached hydrogens (primary N) is 1. The van der Waals surface area contributed by atoms with E-state index in [4.69, 9.17) is 20.3 Å². The van der Waals surface area contributed by atoms with E-state index in [1.54, 1.807) is 0 Å². The van der Waals surface area contributed by atoms with E-state index in [1.807, 2.05) is 0 Å². The third kappa shape index (κ3) is 2.70. The van der Waals surface area contributed by atoms with Gasteiger partial charge in [0.15, 0.2) is 0 Å². The first kappa shape index (κ1) is 16.2. The topological polar surface area (TPSA) is 161 Å². The van der Waals surface area contributed by atoms with Crippen LogP contribution in [0.5, 0.6) is 0 Å². The minimum absolute atomic E-state index is 0.198. The standard InChI is InChI=1S/C9H13N3O7S/c1-18-6-4-3-5(11-12-8(13)14)7(19-2)9(6,10)20(15,16)17/h3-4,7H,10H2,1-2H3,(H,13,14)(H,15,16,17). The first-order chi connectivity index (χ1) is 9.18. The Morgan fingerprint density at radius 3 is 2.45 bits per heavy atom. The van der Waals surface area contributed by atoms with Crippen molar-refractivity contribution >= 4 is 16.2 Å². The average molecular weight is 307 g/mol. The zero-order valence-electron chi connectivity index (χ0n) is 10.5. The number of methoxy groups -OCH3 is 2. The minimum atomic E-state index is -4.85. The fourth-order valence-electron chi connectivity index (χ4n) is 1.70. The molecule has 1 aliphatic carbocycles. The summed E-state index contributed by atoms with van der Waals surface area (Å²) in [5, 5.41) is 14.6. The molecule has 1 aliphatic rings. The smallest absolute Gasteiger partial charge is 0.449 e. The van der Waals surface area contributed by atoms with Crippen LogP contribution in [0.15, 0.2) is 33.8 Å². The van der Waals surface area contributed by atoms with Crippen LogP contribution in [0.2, 0.25) is 0 Å². The molecular formula is C9H13N3O7S. The van der Waals surface area contributed by atoms with E-state index >= 15 is 0 Å². The summed E-state index contributed by atoms with van der Waals surface area (Å²) in [6.07, 6.45) is -0.743. The van der Waals surface area contributed by atoms with Gasteiger partial charge in [-0.15, -0.1) is 5.11 Å². The van der Waals surface area contributed by atoms with Crippen LogP contribution in [-0.2, 0) is 19.6 Å². The molecule has 0 saturated carbocycles. The average Bonchev–Trinajstić information content (AvgIpc) is 2.34. The summed E-state index contributed by atoms with van der Waals surface area (Å²) in [5.41, 5.74) is 5.50. The van der Waals surface area contributed by atoms with Gasteiger partial charge in [-0.25, -0.2) is 4.79 Å². The molecule has 0 aliphatic heterocycles. The molecule has 0 aromatic rings. The lowest BCUT2D eigenvalue weighted by Crippen LogP contribution is -2.60. The van der Waals surface area contributed by atoms with Gasteiger partial charge in [-0.1, -0.05) is 5.11 Å². The van der Waals surface area contributed by atoms with Crippen molar-refractivity contribution in [1.29, 1.82) is 0 Å². The number of nitrogens with zero attached hydrogens (tertiary/aromatic N) is 2. The van der Waals surface area contributed by atoms with Crippen molar-refractivity contribution in [1.82, 2.24) is 0 Å². The summed E-state index contributed by atoms with van der Waals surface area (Å²) in [7, 11) is -2.58. The fourth-order valence-corrected chi connectivity index (χ4v) is 2.59. The van der Waals surface area contributed by atoms with Crippen LogP contribution in [-0.4, -0.2) is 49.4 Å². The first-order valence-electron chi connectivity index (χ1n) is 5.08. The quantitative estimate of drug-likeness (QED) is 0.486. The zero-order valence-corrected chi connectivity index (χ0v) is 11.4. The molecule has 0 radical (unpaired) electrons.